The van der Waals surface area contributed by atoms with E-state index in [9.17, 15) is 9.59 Å². The zero-order chi connectivity index (χ0) is 22.4. The molecule has 3 rings (SSSR count). The molecule has 1 aromatic carbocycles. The fourth-order valence-electron chi connectivity index (χ4n) is 4.23. The molecule has 7 heteroatoms. The monoisotopic (exact) mass is 450 g/mol. The van der Waals surface area contributed by atoms with Gasteiger partial charge in [-0.05, 0) is 55.9 Å². The first-order valence-corrected chi connectivity index (χ1v) is 11.7. The number of amides is 2. The number of hydrogen-bond donors (Lipinski definition) is 0. The zero-order valence-electron chi connectivity index (χ0n) is 19.0. The number of carbonyl (C=O) groups is 2. The van der Waals surface area contributed by atoms with Crippen molar-refractivity contribution >= 4 is 23.4 Å². The number of piperidine rings is 1. The summed E-state index contributed by atoms with van der Waals surface area (Å²) in [6.45, 7) is 9.11. The van der Waals surface area contributed by atoms with E-state index in [1.54, 1.807) is 6.07 Å². The Morgan fingerprint density at radius 1 is 1.13 bits per heavy atom. The van der Waals surface area contributed by atoms with E-state index in [1.807, 2.05) is 42.7 Å². The first kappa shape index (κ1) is 23.9. The van der Waals surface area contributed by atoms with Crippen LogP contribution in [0.3, 0.4) is 0 Å². The van der Waals surface area contributed by atoms with Gasteiger partial charge >= 0.3 is 0 Å². The molecule has 2 fully saturated rings. The minimum Gasteiger partial charge on any atom is -0.490 e. The largest absolute Gasteiger partial charge is 0.490 e. The van der Waals surface area contributed by atoms with E-state index in [-0.39, 0.29) is 30.8 Å². The standard InChI is InChI=1S/C24H35ClN2O4/c1-18(2)13-22(28)27-11-12-31-24(16-27,15-23(29)26-9-5-4-6-10-26)17-30-20-7-8-21(25)19(3)14-20/h7-8,14,18H,4-6,9-13,15-17H2,1-3H3/t24-/m0/s1. The van der Waals surface area contributed by atoms with Gasteiger partial charge in [-0.15, -0.1) is 0 Å². The highest BCUT2D eigenvalue weighted by Gasteiger charge is 2.42. The zero-order valence-corrected chi connectivity index (χ0v) is 19.7. The first-order chi connectivity index (χ1) is 14.8. The number of morpholine rings is 1. The van der Waals surface area contributed by atoms with Crippen molar-refractivity contribution in [3.05, 3.63) is 28.8 Å². The molecule has 0 unspecified atom stereocenters. The molecule has 0 aliphatic carbocycles. The van der Waals surface area contributed by atoms with Gasteiger partial charge in [0.1, 0.15) is 18.0 Å². The molecule has 0 spiro atoms. The van der Waals surface area contributed by atoms with Crippen LogP contribution in [0.4, 0.5) is 0 Å². The second kappa shape index (κ2) is 10.7. The van der Waals surface area contributed by atoms with Gasteiger partial charge in [0.05, 0.1) is 19.6 Å². The molecular weight excluding hydrogens is 416 g/mol. The molecular formula is C24H35ClN2O4. The summed E-state index contributed by atoms with van der Waals surface area (Å²) in [6.07, 6.45) is 3.96. The smallest absolute Gasteiger partial charge is 0.225 e. The van der Waals surface area contributed by atoms with Crippen molar-refractivity contribution in [3.63, 3.8) is 0 Å². The van der Waals surface area contributed by atoms with E-state index < -0.39 is 5.60 Å². The summed E-state index contributed by atoms with van der Waals surface area (Å²) in [6, 6.07) is 5.50. The number of benzene rings is 1. The van der Waals surface area contributed by atoms with Gasteiger partial charge in [-0.1, -0.05) is 25.4 Å². The SMILES string of the molecule is Cc1cc(OC[C@]2(CC(=O)N3CCCCC3)CN(C(=O)CC(C)C)CCO2)ccc1Cl. The van der Waals surface area contributed by atoms with Crippen LogP contribution in [0.25, 0.3) is 0 Å². The Kier molecular flexibility index (Phi) is 8.23. The molecule has 0 aromatic heterocycles. The molecule has 2 saturated heterocycles. The summed E-state index contributed by atoms with van der Waals surface area (Å²) in [4.78, 5) is 29.6. The third kappa shape index (κ3) is 6.59. The van der Waals surface area contributed by atoms with Gasteiger partial charge in [0, 0.05) is 31.1 Å². The van der Waals surface area contributed by atoms with Crippen molar-refractivity contribution in [1.82, 2.24) is 9.80 Å². The highest BCUT2D eigenvalue weighted by Crippen LogP contribution is 2.28. The van der Waals surface area contributed by atoms with Crippen molar-refractivity contribution < 1.29 is 19.1 Å². The first-order valence-electron chi connectivity index (χ1n) is 11.4. The molecule has 1 aromatic rings. The number of aryl methyl sites for hydroxylation is 1. The molecule has 2 heterocycles. The third-order valence-electron chi connectivity index (χ3n) is 6.00. The molecule has 0 bridgehead atoms. The number of carbonyl (C=O) groups excluding carboxylic acids is 2. The topological polar surface area (TPSA) is 59.1 Å². The summed E-state index contributed by atoms with van der Waals surface area (Å²) in [7, 11) is 0. The Labute approximate surface area is 190 Å². The number of likely N-dealkylation sites (tertiary alicyclic amines) is 1. The predicted octanol–water partition coefficient (Wildman–Crippen LogP) is 4.07. The van der Waals surface area contributed by atoms with Crippen LogP contribution in [0.1, 0.15) is 51.5 Å². The van der Waals surface area contributed by atoms with Crippen molar-refractivity contribution in [2.24, 2.45) is 5.92 Å². The van der Waals surface area contributed by atoms with Crippen LogP contribution in [-0.2, 0) is 14.3 Å². The Morgan fingerprint density at radius 3 is 2.55 bits per heavy atom. The summed E-state index contributed by atoms with van der Waals surface area (Å²) >= 11 is 6.13. The maximum absolute atomic E-state index is 13.1. The number of hydrogen-bond acceptors (Lipinski definition) is 4. The Hall–Kier alpha value is -1.79. The van der Waals surface area contributed by atoms with E-state index in [0.29, 0.717) is 36.9 Å². The van der Waals surface area contributed by atoms with Crippen LogP contribution in [0.5, 0.6) is 5.75 Å². The fourth-order valence-corrected chi connectivity index (χ4v) is 4.35. The number of halogens is 1. The fraction of sp³-hybridized carbons (Fsp3) is 0.667. The number of rotatable bonds is 7. The van der Waals surface area contributed by atoms with Gasteiger partial charge in [-0.25, -0.2) is 0 Å². The van der Waals surface area contributed by atoms with Crippen LogP contribution < -0.4 is 4.74 Å². The summed E-state index contributed by atoms with van der Waals surface area (Å²) in [5.74, 6) is 1.15. The van der Waals surface area contributed by atoms with E-state index in [0.717, 1.165) is 31.5 Å². The lowest BCUT2D eigenvalue weighted by Gasteiger charge is -2.43. The lowest BCUT2D eigenvalue weighted by Crippen LogP contribution is -2.58. The summed E-state index contributed by atoms with van der Waals surface area (Å²) in [5.41, 5.74) is 0.0726. The molecule has 2 amide bonds. The van der Waals surface area contributed by atoms with E-state index in [4.69, 9.17) is 21.1 Å². The minimum absolute atomic E-state index is 0.0775. The second-order valence-corrected chi connectivity index (χ2v) is 9.67. The lowest BCUT2D eigenvalue weighted by molar-refractivity contribution is -0.166. The molecule has 31 heavy (non-hydrogen) atoms. The van der Waals surface area contributed by atoms with Crippen LogP contribution >= 0.6 is 11.6 Å². The Balaban J connectivity index is 1.75. The second-order valence-electron chi connectivity index (χ2n) is 9.26. The van der Waals surface area contributed by atoms with Gasteiger partial charge in [-0.2, -0.15) is 0 Å². The number of ether oxygens (including phenoxy) is 2. The minimum atomic E-state index is -0.854. The summed E-state index contributed by atoms with van der Waals surface area (Å²) in [5, 5.41) is 0.682. The average Bonchev–Trinajstić information content (AvgIpc) is 2.75. The maximum atomic E-state index is 13.1. The van der Waals surface area contributed by atoms with Crippen LogP contribution in [0.15, 0.2) is 18.2 Å². The molecule has 6 nitrogen and oxygen atoms in total. The summed E-state index contributed by atoms with van der Waals surface area (Å²) < 4.78 is 12.3. The molecule has 0 saturated carbocycles. The molecule has 172 valence electrons. The lowest BCUT2D eigenvalue weighted by atomic mass is 9.95. The van der Waals surface area contributed by atoms with Crippen LogP contribution in [-0.4, -0.2) is 66.6 Å². The quantitative estimate of drug-likeness (QED) is 0.628. The van der Waals surface area contributed by atoms with Crippen molar-refractivity contribution in [3.8, 4) is 5.75 Å². The van der Waals surface area contributed by atoms with Crippen LogP contribution in [0, 0.1) is 12.8 Å². The predicted molar refractivity (Wildman–Crippen MR) is 121 cm³/mol. The maximum Gasteiger partial charge on any atom is 0.225 e. The molecule has 2 aliphatic rings. The molecule has 1 atom stereocenters. The van der Waals surface area contributed by atoms with E-state index in [2.05, 4.69) is 0 Å². The highest BCUT2D eigenvalue weighted by atomic mass is 35.5. The molecule has 0 N–H and O–H groups in total. The molecule has 0 radical (unpaired) electrons. The molecule has 2 aliphatic heterocycles. The Bertz CT molecular complexity index is 779. The number of nitrogens with zero attached hydrogens (tertiary/aromatic N) is 2. The van der Waals surface area contributed by atoms with Crippen molar-refractivity contribution in [2.45, 2.75) is 58.5 Å². The van der Waals surface area contributed by atoms with Gasteiger partial charge in [0.25, 0.3) is 0 Å². The van der Waals surface area contributed by atoms with Gasteiger partial charge in [0.15, 0.2) is 0 Å². The van der Waals surface area contributed by atoms with Gasteiger partial charge in [0.2, 0.25) is 11.8 Å². The van der Waals surface area contributed by atoms with Crippen LogP contribution in [0.2, 0.25) is 5.02 Å². The average molecular weight is 451 g/mol. The van der Waals surface area contributed by atoms with Gasteiger partial charge in [-0.3, -0.25) is 9.59 Å². The third-order valence-corrected chi connectivity index (χ3v) is 6.42. The van der Waals surface area contributed by atoms with E-state index in [1.165, 1.54) is 6.42 Å². The van der Waals surface area contributed by atoms with E-state index >= 15 is 0 Å². The Morgan fingerprint density at radius 2 is 1.87 bits per heavy atom. The van der Waals surface area contributed by atoms with Gasteiger partial charge < -0.3 is 19.3 Å². The highest BCUT2D eigenvalue weighted by molar-refractivity contribution is 6.31. The van der Waals surface area contributed by atoms with Crippen molar-refractivity contribution in [2.75, 3.05) is 39.4 Å². The van der Waals surface area contributed by atoms with Crippen molar-refractivity contribution in [1.29, 1.82) is 0 Å². The normalized spacial score (nSPS) is 22.0.